The first-order chi connectivity index (χ1) is 15.4. The van der Waals surface area contributed by atoms with Crippen molar-refractivity contribution in [1.82, 2.24) is 10.7 Å². The summed E-state index contributed by atoms with van der Waals surface area (Å²) in [6, 6.07) is 14.9. The van der Waals surface area contributed by atoms with Crippen LogP contribution in [0.15, 0.2) is 53.6 Å². The Labute approximate surface area is 187 Å². The van der Waals surface area contributed by atoms with Crippen LogP contribution in [-0.2, 0) is 5.41 Å². The third-order valence-electron chi connectivity index (χ3n) is 7.61. The van der Waals surface area contributed by atoms with Gasteiger partial charge < -0.3 is 5.32 Å². The Balaban J connectivity index is 1.30. The zero-order chi connectivity index (χ0) is 22.3. The smallest absolute Gasteiger partial charge is 0.331 e. The van der Waals surface area contributed by atoms with Gasteiger partial charge in [0.05, 0.1) is 16.7 Å². The summed E-state index contributed by atoms with van der Waals surface area (Å²) >= 11 is 0. The van der Waals surface area contributed by atoms with Crippen LogP contribution in [0.3, 0.4) is 0 Å². The van der Waals surface area contributed by atoms with E-state index in [0.29, 0.717) is 17.4 Å². The number of hydrogen-bond donors (Lipinski definition) is 2. The number of hydrogen-bond acceptors (Lipinski definition) is 4. The van der Waals surface area contributed by atoms with Crippen LogP contribution in [0.5, 0.6) is 0 Å². The number of urea groups is 1. The minimum absolute atomic E-state index is 0.0421. The van der Waals surface area contributed by atoms with Crippen molar-refractivity contribution in [3.8, 4) is 0 Å². The van der Waals surface area contributed by atoms with Gasteiger partial charge in [-0.1, -0.05) is 42.0 Å². The van der Waals surface area contributed by atoms with Crippen molar-refractivity contribution in [3.63, 3.8) is 0 Å². The average Bonchev–Trinajstić information content (AvgIpc) is 2.73. The first kappa shape index (κ1) is 20.7. The molecule has 7 heteroatoms. The number of carbonyl (C=O) groups excluding carboxylic acids is 1. The van der Waals surface area contributed by atoms with Crippen molar-refractivity contribution in [3.05, 3.63) is 75.3 Å². The van der Waals surface area contributed by atoms with Gasteiger partial charge in [-0.05, 0) is 74.3 Å². The number of carbonyl (C=O) groups is 1. The molecule has 4 aliphatic carbocycles. The van der Waals surface area contributed by atoms with Gasteiger partial charge in [0.25, 0.3) is 5.69 Å². The van der Waals surface area contributed by atoms with E-state index in [-0.39, 0.29) is 22.7 Å². The lowest BCUT2D eigenvalue weighted by molar-refractivity contribution is -0.385. The number of nitro groups is 1. The molecule has 4 bridgehead atoms. The predicted molar refractivity (Wildman–Crippen MR) is 123 cm³/mol. The zero-order valence-corrected chi connectivity index (χ0v) is 18.2. The third kappa shape index (κ3) is 3.76. The summed E-state index contributed by atoms with van der Waals surface area (Å²) in [4.78, 5) is 23.4. The summed E-state index contributed by atoms with van der Waals surface area (Å²) in [5.41, 5.74) is 5.43. The van der Waals surface area contributed by atoms with Crippen molar-refractivity contribution in [2.24, 2.45) is 16.9 Å². The molecule has 0 heterocycles. The molecule has 2 unspecified atom stereocenters. The number of nitro benzene ring substituents is 1. The minimum Gasteiger partial charge on any atom is -0.331 e. The molecule has 0 aromatic heterocycles. The van der Waals surface area contributed by atoms with E-state index in [4.69, 9.17) is 0 Å². The van der Waals surface area contributed by atoms with Gasteiger partial charge in [0, 0.05) is 11.6 Å². The van der Waals surface area contributed by atoms with E-state index in [0.717, 1.165) is 19.3 Å². The predicted octanol–water partition coefficient (Wildman–Crippen LogP) is 4.83. The van der Waals surface area contributed by atoms with Crippen molar-refractivity contribution in [2.45, 2.75) is 56.4 Å². The molecular weight excluding hydrogens is 404 g/mol. The molecule has 0 radical (unpaired) electrons. The maximum absolute atomic E-state index is 12.8. The normalized spacial score (nSPS) is 30.4. The number of benzene rings is 2. The molecule has 4 fully saturated rings. The minimum atomic E-state index is -0.457. The molecule has 4 aliphatic rings. The highest BCUT2D eigenvalue weighted by atomic mass is 16.6. The van der Waals surface area contributed by atoms with E-state index >= 15 is 0 Å². The summed E-state index contributed by atoms with van der Waals surface area (Å²) in [5, 5.41) is 18.4. The second kappa shape index (κ2) is 7.73. The topological polar surface area (TPSA) is 96.6 Å². The van der Waals surface area contributed by atoms with Crippen molar-refractivity contribution < 1.29 is 9.72 Å². The summed E-state index contributed by atoms with van der Waals surface area (Å²) in [7, 11) is 0. The van der Waals surface area contributed by atoms with E-state index in [9.17, 15) is 14.9 Å². The summed E-state index contributed by atoms with van der Waals surface area (Å²) in [6.45, 7) is 2.11. The molecule has 2 aromatic rings. The highest BCUT2D eigenvalue weighted by Gasteiger charge is 2.58. The Hall–Kier alpha value is -3.22. The maximum Gasteiger partial charge on any atom is 0.335 e. The van der Waals surface area contributed by atoms with Crippen LogP contribution >= 0.6 is 0 Å². The number of rotatable bonds is 5. The van der Waals surface area contributed by atoms with Gasteiger partial charge in [-0.3, -0.25) is 10.1 Å². The molecule has 2 amide bonds. The Morgan fingerprint density at radius 2 is 1.78 bits per heavy atom. The van der Waals surface area contributed by atoms with Crippen LogP contribution in [0.2, 0.25) is 0 Å². The molecule has 7 nitrogen and oxygen atoms in total. The molecule has 32 heavy (non-hydrogen) atoms. The van der Waals surface area contributed by atoms with Gasteiger partial charge in [-0.25, -0.2) is 10.2 Å². The molecule has 2 atom stereocenters. The summed E-state index contributed by atoms with van der Waals surface area (Å²) in [5.74, 6) is 1.27. The van der Waals surface area contributed by atoms with Crippen LogP contribution in [0, 0.1) is 28.9 Å². The van der Waals surface area contributed by atoms with E-state index in [1.807, 2.05) is 0 Å². The summed E-state index contributed by atoms with van der Waals surface area (Å²) < 4.78 is 0. The molecule has 0 aliphatic heterocycles. The number of aryl methyl sites for hydroxylation is 1. The number of nitrogens with one attached hydrogen (secondary N) is 2. The fraction of sp³-hybridized carbons (Fsp3) is 0.440. The highest BCUT2D eigenvalue weighted by Crippen LogP contribution is 2.62. The Bertz CT molecular complexity index is 1060. The van der Waals surface area contributed by atoms with E-state index < -0.39 is 4.92 Å². The Morgan fingerprint density at radius 1 is 1.09 bits per heavy atom. The van der Waals surface area contributed by atoms with E-state index in [1.54, 1.807) is 18.2 Å². The van der Waals surface area contributed by atoms with Crippen LogP contribution in [-0.4, -0.2) is 22.7 Å². The van der Waals surface area contributed by atoms with Gasteiger partial charge in [0.2, 0.25) is 0 Å². The van der Waals surface area contributed by atoms with Gasteiger partial charge in [0.1, 0.15) is 0 Å². The Kier molecular flexibility index (Phi) is 4.99. The zero-order valence-electron chi connectivity index (χ0n) is 18.2. The molecule has 4 saturated carbocycles. The molecule has 2 aromatic carbocycles. The number of para-hydroxylation sites is 1. The molecule has 0 spiro atoms. The van der Waals surface area contributed by atoms with Crippen LogP contribution < -0.4 is 10.7 Å². The third-order valence-corrected chi connectivity index (χ3v) is 7.61. The largest absolute Gasteiger partial charge is 0.335 e. The van der Waals surface area contributed by atoms with Gasteiger partial charge in [-0.15, -0.1) is 0 Å². The van der Waals surface area contributed by atoms with Gasteiger partial charge in [0.15, 0.2) is 0 Å². The Morgan fingerprint density at radius 3 is 2.47 bits per heavy atom. The van der Waals surface area contributed by atoms with E-state index in [1.165, 1.54) is 42.7 Å². The number of hydrazone groups is 1. The van der Waals surface area contributed by atoms with Gasteiger partial charge >= 0.3 is 6.03 Å². The average molecular weight is 433 g/mol. The molecule has 2 N–H and O–H groups in total. The van der Waals surface area contributed by atoms with Crippen LogP contribution in [0.25, 0.3) is 0 Å². The molecule has 6 rings (SSSR count). The standard InChI is InChI=1S/C25H28N4O3/c1-17-6-8-21(9-7-17)24-11-18-10-19(12-24)14-25(13-18,16-24)27-23(30)28-26-15-20-4-2-3-5-22(20)29(31)32/h2-9,15,18-19H,10-14,16H2,1H3,(H2,27,28,30)/b26-15+. The van der Waals surface area contributed by atoms with Crippen LogP contribution in [0.1, 0.15) is 55.2 Å². The highest BCUT2D eigenvalue weighted by molar-refractivity contribution is 5.86. The molecule has 166 valence electrons. The molecule has 0 saturated heterocycles. The lowest BCUT2D eigenvalue weighted by Gasteiger charge is -2.62. The van der Waals surface area contributed by atoms with E-state index in [2.05, 4.69) is 47.0 Å². The SMILES string of the molecule is Cc1ccc(C23CC4CC(CC(NC(=O)N/N=C/c5ccccc5[N+](=O)[O-])(C4)C2)C3)cc1. The first-order valence-corrected chi connectivity index (χ1v) is 11.3. The number of nitrogens with zero attached hydrogens (tertiary/aromatic N) is 2. The van der Waals surface area contributed by atoms with Gasteiger partial charge in [-0.2, -0.15) is 5.10 Å². The van der Waals surface area contributed by atoms with Crippen molar-refractivity contribution in [2.75, 3.05) is 0 Å². The maximum atomic E-state index is 12.8. The van der Waals surface area contributed by atoms with Crippen molar-refractivity contribution >= 4 is 17.9 Å². The lowest BCUT2D eigenvalue weighted by atomic mass is 9.45. The monoisotopic (exact) mass is 432 g/mol. The number of amides is 2. The second-order valence-electron chi connectivity index (χ2n) is 10.0. The summed E-state index contributed by atoms with van der Waals surface area (Å²) in [6.07, 6.45) is 7.97. The fourth-order valence-electron chi connectivity index (χ4n) is 6.85. The fourth-order valence-corrected chi connectivity index (χ4v) is 6.85. The second-order valence-corrected chi connectivity index (χ2v) is 10.0. The van der Waals surface area contributed by atoms with Crippen molar-refractivity contribution in [1.29, 1.82) is 0 Å². The van der Waals surface area contributed by atoms with Crippen LogP contribution in [0.4, 0.5) is 10.5 Å². The first-order valence-electron chi connectivity index (χ1n) is 11.3. The quantitative estimate of drug-likeness (QED) is 0.402. The molecular formula is C25H28N4O3. The lowest BCUT2D eigenvalue weighted by Crippen LogP contribution is -2.65.